The minimum Gasteiger partial charge on any atom is -0.287 e. The molecule has 3 nitrogen and oxygen atoms in total. The van der Waals surface area contributed by atoms with E-state index >= 15 is 0 Å². The second-order valence-corrected chi connectivity index (χ2v) is 3.13. The summed E-state index contributed by atoms with van der Waals surface area (Å²) >= 11 is 0. The van der Waals surface area contributed by atoms with Gasteiger partial charge in [0, 0.05) is 11.3 Å². The minimum atomic E-state index is -0.0463. The number of nitrogens with one attached hydrogen (secondary N) is 1. The Balaban J connectivity index is 2.34. The molecule has 0 amide bonds. The summed E-state index contributed by atoms with van der Waals surface area (Å²) in [4.78, 5) is 11.8. The number of nitrogens with zero attached hydrogens (tertiary/aromatic N) is 1. The topological polar surface area (TPSA) is 45.8 Å². The van der Waals surface area contributed by atoms with Crippen LogP contribution >= 0.6 is 0 Å². The third kappa shape index (κ3) is 1.57. The first kappa shape index (κ1) is 8.69. The highest BCUT2D eigenvalue weighted by atomic mass is 16.1. The molecule has 1 aromatic carbocycles. The number of aryl methyl sites for hydroxylation is 1. The van der Waals surface area contributed by atoms with Gasteiger partial charge in [0.15, 0.2) is 0 Å². The highest BCUT2D eigenvalue weighted by Crippen LogP contribution is 2.07. The van der Waals surface area contributed by atoms with E-state index in [1.54, 1.807) is 18.2 Å². The van der Waals surface area contributed by atoms with E-state index in [2.05, 4.69) is 10.2 Å². The Hall–Kier alpha value is -1.90. The zero-order valence-electron chi connectivity index (χ0n) is 7.82. The Morgan fingerprint density at radius 1 is 1.29 bits per heavy atom. The molecule has 0 aliphatic rings. The summed E-state index contributed by atoms with van der Waals surface area (Å²) in [5.74, 6) is -0.0463. The van der Waals surface area contributed by atoms with E-state index in [0.29, 0.717) is 11.3 Å². The van der Waals surface area contributed by atoms with Crippen molar-refractivity contribution in [1.29, 1.82) is 0 Å². The summed E-state index contributed by atoms with van der Waals surface area (Å²) in [5.41, 5.74) is 2.02. The van der Waals surface area contributed by atoms with Gasteiger partial charge < -0.3 is 0 Å². The van der Waals surface area contributed by atoms with Crippen LogP contribution in [0.3, 0.4) is 0 Å². The largest absolute Gasteiger partial charge is 0.287 e. The first-order valence-electron chi connectivity index (χ1n) is 4.39. The zero-order chi connectivity index (χ0) is 9.97. The van der Waals surface area contributed by atoms with E-state index in [-0.39, 0.29) is 5.78 Å². The van der Waals surface area contributed by atoms with Gasteiger partial charge >= 0.3 is 0 Å². The molecule has 0 saturated heterocycles. The molecule has 0 bridgehead atoms. The smallest absolute Gasteiger partial charge is 0.213 e. The molecule has 0 aliphatic heterocycles. The number of rotatable bonds is 2. The molecule has 0 saturated carbocycles. The Labute approximate surface area is 81.8 Å². The van der Waals surface area contributed by atoms with Crippen molar-refractivity contribution in [3.63, 3.8) is 0 Å². The van der Waals surface area contributed by atoms with Crippen LogP contribution in [0.2, 0.25) is 0 Å². The van der Waals surface area contributed by atoms with E-state index in [1.165, 1.54) is 0 Å². The molecule has 1 N–H and O–H groups in total. The van der Waals surface area contributed by atoms with Crippen LogP contribution in [-0.2, 0) is 0 Å². The quantitative estimate of drug-likeness (QED) is 0.728. The number of ketones is 1. The van der Waals surface area contributed by atoms with E-state index in [0.717, 1.165) is 5.69 Å². The lowest BCUT2D eigenvalue weighted by atomic mass is 10.1. The van der Waals surface area contributed by atoms with Gasteiger partial charge in [0.05, 0.1) is 0 Å². The average molecular weight is 186 g/mol. The second kappa shape index (κ2) is 3.46. The summed E-state index contributed by atoms with van der Waals surface area (Å²) in [7, 11) is 0. The first-order chi connectivity index (χ1) is 6.77. The molecular weight excluding hydrogens is 176 g/mol. The summed E-state index contributed by atoms with van der Waals surface area (Å²) < 4.78 is 0. The third-order valence-electron chi connectivity index (χ3n) is 1.97. The molecule has 1 aromatic heterocycles. The van der Waals surface area contributed by atoms with Crippen LogP contribution in [0.1, 0.15) is 21.7 Å². The lowest BCUT2D eigenvalue weighted by molar-refractivity contribution is 0.103. The van der Waals surface area contributed by atoms with Crippen molar-refractivity contribution in [3.8, 4) is 0 Å². The van der Waals surface area contributed by atoms with Crippen molar-refractivity contribution in [2.24, 2.45) is 0 Å². The molecule has 0 atom stereocenters. The van der Waals surface area contributed by atoms with Crippen LogP contribution in [0.15, 0.2) is 36.4 Å². The predicted octanol–water partition coefficient (Wildman–Crippen LogP) is 1.95. The average Bonchev–Trinajstić information content (AvgIpc) is 2.65. The van der Waals surface area contributed by atoms with Crippen molar-refractivity contribution in [3.05, 3.63) is 53.3 Å². The Bertz CT molecular complexity index is 445. The molecule has 1 heterocycles. The van der Waals surface area contributed by atoms with E-state index < -0.39 is 0 Å². The summed E-state index contributed by atoms with van der Waals surface area (Å²) in [6.45, 7) is 1.87. The predicted molar refractivity (Wildman–Crippen MR) is 53.2 cm³/mol. The standard InChI is InChI=1S/C11H10N2O/c1-8-7-10(13-12-8)11(14)9-5-3-2-4-6-9/h2-7H,1H3,(H,12,13). The number of carbonyl (C=O) groups is 1. The monoisotopic (exact) mass is 186 g/mol. The van der Waals surface area contributed by atoms with Crippen molar-refractivity contribution in [2.45, 2.75) is 6.92 Å². The van der Waals surface area contributed by atoms with Gasteiger partial charge in [-0.15, -0.1) is 0 Å². The maximum Gasteiger partial charge on any atom is 0.213 e. The number of hydrogen-bond acceptors (Lipinski definition) is 2. The normalized spacial score (nSPS) is 10.1. The molecule has 0 aliphatic carbocycles. The van der Waals surface area contributed by atoms with E-state index in [1.807, 2.05) is 25.1 Å². The first-order valence-corrected chi connectivity index (χ1v) is 4.39. The number of carbonyl (C=O) groups excluding carboxylic acids is 1. The van der Waals surface area contributed by atoms with Crippen LogP contribution in [-0.4, -0.2) is 16.0 Å². The molecule has 14 heavy (non-hydrogen) atoms. The summed E-state index contributed by atoms with van der Waals surface area (Å²) in [5, 5.41) is 6.67. The lowest BCUT2D eigenvalue weighted by Crippen LogP contribution is -2.00. The number of aromatic amines is 1. The zero-order valence-corrected chi connectivity index (χ0v) is 7.82. The maximum atomic E-state index is 11.8. The third-order valence-corrected chi connectivity index (χ3v) is 1.97. The van der Waals surface area contributed by atoms with Crippen LogP contribution in [0.25, 0.3) is 0 Å². The fourth-order valence-electron chi connectivity index (χ4n) is 1.27. The fraction of sp³-hybridized carbons (Fsp3) is 0.0909. The van der Waals surface area contributed by atoms with Gasteiger partial charge in [0.2, 0.25) is 5.78 Å². The van der Waals surface area contributed by atoms with Crippen LogP contribution in [0, 0.1) is 6.92 Å². The van der Waals surface area contributed by atoms with Crippen LogP contribution in [0.5, 0.6) is 0 Å². The van der Waals surface area contributed by atoms with Crippen molar-refractivity contribution >= 4 is 5.78 Å². The number of H-pyrrole nitrogens is 1. The van der Waals surface area contributed by atoms with Gasteiger partial charge in [-0.05, 0) is 13.0 Å². The maximum absolute atomic E-state index is 11.8. The molecular formula is C11H10N2O. The highest BCUT2D eigenvalue weighted by molar-refractivity contribution is 6.07. The molecule has 2 aromatic rings. The SMILES string of the molecule is Cc1cc(C(=O)c2ccccc2)n[nH]1. The highest BCUT2D eigenvalue weighted by Gasteiger charge is 2.10. The number of hydrogen-bond donors (Lipinski definition) is 1. The molecule has 0 unspecified atom stereocenters. The summed E-state index contributed by atoms with van der Waals surface area (Å²) in [6.07, 6.45) is 0. The van der Waals surface area contributed by atoms with Gasteiger partial charge in [0.1, 0.15) is 5.69 Å². The van der Waals surface area contributed by atoms with Gasteiger partial charge in [-0.1, -0.05) is 30.3 Å². The van der Waals surface area contributed by atoms with Gasteiger partial charge in [-0.3, -0.25) is 9.89 Å². The van der Waals surface area contributed by atoms with Gasteiger partial charge in [-0.25, -0.2) is 0 Å². The molecule has 70 valence electrons. The Morgan fingerprint density at radius 2 is 2.00 bits per heavy atom. The Kier molecular flexibility index (Phi) is 2.14. The van der Waals surface area contributed by atoms with Crippen molar-refractivity contribution in [2.75, 3.05) is 0 Å². The van der Waals surface area contributed by atoms with Gasteiger partial charge in [0.25, 0.3) is 0 Å². The molecule has 0 radical (unpaired) electrons. The van der Waals surface area contributed by atoms with Crippen molar-refractivity contribution < 1.29 is 4.79 Å². The Morgan fingerprint density at radius 3 is 2.57 bits per heavy atom. The number of aromatic nitrogens is 2. The molecule has 2 rings (SSSR count). The number of benzene rings is 1. The van der Waals surface area contributed by atoms with E-state index in [9.17, 15) is 4.79 Å². The van der Waals surface area contributed by atoms with Crippen LogP contribution in [0.4, 0.5) is 0 Å². The molecule has 3 heteroatoms. The minimum absolute atomic E-state index is 0.0463. The van der Waals surface area contributed by atoms with E-state index in [4.69, 9.17) is 0 Å². The fourth-order valence-corrected chi connectivity index (χ4v) is 1.27. The second-order valence-electron chi connectivity index (χ2n) is 3.13. The molecule has 0 fully saturated rings. The van der Waals surface area contributed by atoms with Crippen LogP contribution < -0.4 is 0 Å². The van der Waals surface area contributed by atoms with Crippen molar-refractivity contribution in [1.82, 2.24) is 10.2 Å². The molecule has 0 spiro atoms. The van der Waals surface area contributed by atoms with Gasteiger partial charge in [-0.2, -0.15) is 5.10 Å². The lowest BCUT2D eigenvalue weighted by Gasteiger charge is -1.94. The summed E-state index contributed by atoms with van der Waals surface area (Å²) in [6, 6.07) is 10.9.